The molecule has 3 heteroatoms. The molecule has 68 valence electrons. The van der Waals surface area contributed by atoms with Crippen molar-refractivity contribution in [2.45, 2.75) is 27.2 Å². The molecule has 1 aromatic heterocycles. The Labute approximate surface area is 86.7 Å². The summed E-state index contributed by atoms with van der Waals surface area (Å²) in [6, 6.07) is 2.16. The second kappa shape index (κ2) is 3.89. The maximum Gasteiger partial charge on any atom is 0.124 e. The summed E-state index contributed by atoms with van der Waals surface area (Å²) in [7, 11) is 0. The lowest BCUT2D eigenvalue weighted by Crippen LogP contribution is -2.00. The van der Waals surface area contributed by atoms with E-state index >= 15 is 0 Å². The number of aryl methyl sites for hydroxylation is 1. The fourth-order valence-corrected chi connectivity index (χ4v) is 2.15. The maximum atomic E-state index is 8.89. The number of hydrogen-bond donors (Lipinski definition) is 0. The van der Waals surface area contributed by atoms with Crippen molar-refractivity contribution in [1.82, 2.24) is 4.98 Å². The number of hydrogen-bond acceptors (Lipinski definition) is 2. The van der Waals surface area contributed by atoms with E-state index in [1.165, 1.54) is 5.56 Å². The second-order valence-electron chi connectivity index (χ2n) is 2.93. The Balaban J connectivity index is 3.51. The van der Waals surface area contributed by atoms with E-state index in [-0.39, 0.29) is 0 Å². The first-order valence-corrected chi connectivity index (χ1v) is 4.96. The minimum atomic E-state index is 0.655. The Hall–Kier alpha value is -0.880. The van der Waals surface area contributed by atoms with E-state index in [2.05, 4.69) is 33.9 Å². The molecule has 2 nitrogen and oxygen atoms in total. The van der Waals surface area contributed by atoms with Crippen molar-refractivity contribution in [3.8, 4) is 6.07 Å². The van der Waals surface area contributed by atoms with Crippen molar-refractivity contribution in [2.24, 2.45) is 0 Å². The fourth-order valence-electron chi connectivity index (χ4n) is 1.50. The highest BCUT2D eigenvalue weighted by Gasteiger charge is 2.10. The monoisotopic (exact) mass is 238 g/mol. The van der Waals surface area contributed by atoms with E-state index in [9.17, 15) is 0 Å². The smallest absolute Gasteiger partial charge is 0.124 e. The van der Waals surface area contributed by atoms with Gasteiger partial charge in [-0.1, -0.05) is 6.92 Å². The molecule has 1 aromatic rings. The lowest BCUT2D eigenvalue weighted by Gasteiger charge is -2.09. The van der Waals surface area contributed by atoms with Gasteiger partial charge in [0.25, 0.3) is 0 Å². The van der Waals surface area contributed by atoms with Gasteiger partial charge in [-0.3, -0.25) is 0 Å². The van der Waals surface area contributed by atoms with Crippen molar-refractivity contribution >= 4 is 15.9 Å². The number of aromatic nitrogens is 1. The van der Waals surface area contributed by atoms with Crippen LogP contribution >= 0.6 is 15.9 Å². The van der Waals surface area contributed by atoms with Crippen LogP contribution in [-0.4, -0.2) is 4.98 Å². The van der Waals surface area contributed by atoms with E-state index in [1.807, 2.05) is 13.8 Å². The zero-order valence-electron chi connectivity index (χ0n) is 7.98. The molecule has 0 aromatic carbocycles. The predicted molar refractivity (Wildman–Crippen MR) is 55.5 cm³/mol. The Morgan fingerprint density at radius 1 is 1.46 bits per heavy atom. The highest BCUT2D eigenvalue weighted by molar-refractivity contribution is 9.10. The predicted octanol–water partition coefficient (Wildman–Crippen LogP) is 2.90. The third kappa shape index (κ3) is 1.73. The van der Waals surface area contributed by atoms with Gasteiger partial charge in [0.05, 0.1) is 5.56 Å². The molecule has 0 atom stereocenters. The third-order valence-electron chi connectivity index (χ3n) is 2.20. The molecule has 0 radical (unpaired) electrons. The molecule has 0 aliphatic rings. The summed E-state index contributed by atoms with van der Waals surface area (Å²) in [5.74, 6) is 0. The first kappa shape index (κ1) is 10.2. The average Bonchev–Trinajstić information content (AvgIpc) is 2.04. The van der Waals surface area contributed by atoms with Crippen LogP contribution in [0.5, 0.6) is 0 Å². The summed E-state index contributed by atoms with van der Waals surface area (Å²) < 4.78 is 0.655. The van der Waals surface area contributed by atoms with Gasteiger partial charge < -0.3 is 0 Å². The number of halogens is 1. The highest BCUT2D eigenvalue weighted by atomic mass is 79.9. The topological polar surface area (TPSA) is 36.7 Å². The number of nitriles is 1. The second-order valence-corrected chi connectivity index (χ2v) is 3.68. The molecule has 0 saturated heterocycles. The van der Waals surface area contributed by atoms with Crippen LogP contribution < -0.4 is 0 Å². The fraction of sp³-hybridized carbons (Fsp3) is 0.400. The van der Waals surface area contributed by atoms with Crippen molar-refractivity contribution in [1.29, 1.82) is 5.26 Å². The number of nitrogens with zero attached hydrogens (tertiary/aromatic N) is 2. The lowest BCUT2D eigenvalue weighted by molar-refractivity contribution is 1.00. The normalized spacial score (nSPS) is 9.77. The van der Waals surface area contributed by atoms with Crippen LogP contribution in [0.3, 0.4) is 0 Å². The van der Waals surface area contributed by atoms with Crippen molar-refractivity contribution in [3.05, 3.63) is 27.0 Å². The molecule has 1 rings (SSSR count). The number of pyridine rings is 1. The average molecular weight is 239 g/mol. The lowest BCUT2D eigenvalue weighted by atomic mass is 10.0. The zero-order chi connectivity index (χ0) is 10.0. The van der Waals surface area contributed by atoms with Crippen molar-refractivity contribution < 1.29 is 0 Å². The molecule has 1 heterocycles. The SMILES string of the molecule is CCc1c(C)nc(Br)c(C#N)c1C. The zero-order valence-corrected chi connectivity index (χ0v) is 9.57. The molecule has 0 aliphatic heterocycles. The minimum Gasteiger partial charge on any atom is -0.245 e. The van der Waals surface area contributed by atoms with E-state index in [0.717, 1.165) is 17.7 Å². The first-order chi connectivity index (χ1) is 6.11. The summed E-state index contributed by atoms with van der Waals surface area (Å²) in [4.78, 5) is 4.27. The Kier molecular flexibility index (Phi) is 3.05. The molecule has 0 saturated carbocycles. The summed E-state index contributed by atoms with van der Waals surface area (Å²) in [5, 5.41) is 8.89. The quantitative estimate of drug-likeness (QED) is 0.706. The maximum absolute atomic E-state index is 8.89. The minimum absolute atomic E-state index is 0.655. The molecule has 0 bridgehead atoms. The van der Waals surface area contributed by atoms with Gasteiger partial charge in [-0.25, -0.2) is 4.98 Å². The van der Waals surface area contributed by atoms with Crippen LogP contribution in [0.4, 0.5) is 0 Å². The standard InChI is InChI=1S/C10H11BrN2/c1-4-8-6(2)9(5-12)10(11)13-7(8)3/h4H2,1-3H3. The Bertz CT molecular complexity index is 377. The van der Waals surface area contributed by atoms with Crippen LogP contribution in [-0.2, 0) is 6.42 Å². The summed E-state index contributed by atoms with van der Waals surface area (Å²) in [6.07, 6.45) is 0.923. The molecule has 0 N–H and O–H groups in total. The van der Waals surface area contributed by atoms with Gasteiger partial charge in [-0.15, -0.1) is 0 Å². The third-order valence-corrected chi connectivity index (χ3v) is 2.78. The van der Waals surface area contributed by atoms with Crippen molar-refractivity contribution in [2.75, 3.05) is 0 Å². The van der Waals surface area contributed by atoms with E-state index in [1.54, 1.807) is 0 Å². The molecule has 0 fully saturated rings. The van der Waals surface area contributed by atoms with Gasteiger partial charge in [-0.2, -0.15) is 5.26 Å². The summed E-state index contributed by atoms with van der Waals surface area (Å²) >= 11 is 3.29. The van der Waals surface area contributed by atoms with Crippen LogP contribution in [0, 0.1) is 25.2 Å². The number of rotatable bonds is 1. The molecular weight excluding hydrogens is 228 g/mol. The van der Waals surface area contributed by atoms with Crippen LogP contribution in [0.1, 0.15) is 29.3 Å². The van der Waals surface area contributed by atoms with E-state index < -0.39 is 0 Å². The molecule has 0 aliphatic carbocycles. The molecule has 0 spiro atoms. The molecule has 0 amide bonds. The molecular formula is C10H11BrN2. The first-order valence-electron chi connectivity index (χ1n) is 4.17. The Morgan fingerprint density at radius 2 is 2.08 bits per heavy atom. The van der Waals surface area contributed by atoms with Gasteiger partial charge in [0.15, 0.2) is 0 Å². The van der Waals surface area contributed by atoms with E-state index in [0.29, 0.717) is 10.2 Å². The van der Waals surface area contributed by atoms with Gasteiger partial charge in [-0.05, 0) is 47.3 Å². The summed E-state index contributed by atoms with van der Waals surface area (Å²) in [5.41, 5.74) is 3.89. The molecule has 13 heavy (non-hydrogen) atoms. The Morgan fingerprint density at radius 3 is 2.54 bits per heavy atom. The van der Waals surface area contributed by atoms with Gasteiger partial charge >= 0.3 is 0 Å². The van der Waals surface area contributed by atoms with Crippen LogP contribution in [0.15, 0.2) is 4.60 Å². The van der Waals surface area contributed by atoms with Crippen molar-refractivity contribution in [3.63, 3.8) is 0 Å². The van der Waals surface area contributed by atoms with E-state index in [4.69, 9.17) is 5.26 Å². The van der Waals surface area contributed by atoms with Gasteiger partial charge in [0.2, 0.25) is 0 Å². The molecule has 0 unspecified atom stereocenters. The van der Waals surface area contributed by atoms with Gasteiger partial charge in [0, 0.05) is 5.69 Å². The van der Waals surface area contributed by atoms with Crippen LogP contribution in [0.25, 0.3) is 0 Å². The largest absolute Gasteiger partial charge is 0.245 e. The van der Waals surface area contributed by atoms with Gasteiger partial charge in [0.1, 0.15) is 10.7 Å². The highest BCUT2D eigenvalue weighted by Crippen LogP contribution is 2.23. The summed E-state index contributed by atoms with van der Waals surface area (Å²) in [6.45, 7) is 6.01. The van der Waals surface area contributed by atoms with Crippen LogP contribution in [0.2, 0.25) is 0 Å².